The summed E-state index contributed by atoms with van der Waals surface area (Å²) in [4.78, 5) is 117. The number of benzene rings is 1. The number of likely N-dealkylation sites (tertiary alicyclic amines) is 1. The van der Waals surface area contributed by atoms with Crippen LogP contribution in [0.4, 0.5) is 4.79 Å². The third kappa shape index (κ3) is 11.3. The second-order valence-corrected chi connectivity index (χ2v) is 15.0. The van der Waals surface area contributed by atoms with Crippen molar-refractivity contribution in [3.63, 3.8) is 0 Å². The van der Waals surface area contributed by atoms with E-state index in [1.807, 2.05) is 29.6 Å². The average Bonchev–Trinajstić information content (AvgIpc) is 3.63. The second-order valence-electron chi connectivity index (χ2n) is 15.0. The molecule has 1 saturated heterocycles. The van der Waals surface area contributed by atoms with Gasteiger partial charge in [0.1, 0.15) is 29.9 Å². The van der Waals surface area contributed by atoms with Gasteiger partial charge in [0.15, 0.2) is 6.04 Å². The monoisotopic (exact) mass is 808 g/mol. The smallest absolute Gasteiger partial charge is 0.410 e. The molecular weight excluding hydrogens is 756 g/mol. The molecule has 19 nitrogen and oxygen atoms in total. The fraction of sp³-hybridized carbons (Fsp3) is 0.538. The van der Waals surface area contributed by atoms with Gasteiger partial charge < -0.3 is 46.0 Å². The molecule has 0 saturated carbocycles. The van der Waals surface area contributed by atoms with E-state index in [4.69, 9.17) is 4.74 Å². The molecule has 1 fully saturated rings. The number of rotatable bonds is 17. The summed E-state index contributed by atoms with van der Waals surface area (Å²) < 4.78 is 5.88. The Balaban J connectivity index is 1.58. The van der Waals surface area contributed by atoms with E-state index in [0.717, 1.165) is 16.0 Å². The van der Waals surface area contributed by atoms with Crippen molar-refractivity contribution in [2.24, 2.45) is 11.8 Å². The third-order valence-corrected chi connectivity index (χ3v) is 9.99. The van der Waals surface area contributed by atoms with Gasteiger partial charge in [-0.1, -0.05) is 65.3 Å². The van der Waals surface area contributed by atoms with E-state index in [2.05, 4.69) is 25.9 Å². The number of aliphatic hydroxyl groups is 1. The number of carbonyl (C=O) groups excluding carboxylic acids is 7. The van der Waals surface area contributed by atoms with Crippen molar-refractivity contribution >= 4 is 47.4 Å². The van der Waals surface area contributed by atoms with Gasteiger partial charge in [0.25, 0.3) is 11.8 Å². The summed E-state index contributed by atoms with van der Waals surface area (Å²) in [5, 5.41) is 28.4. The highest BCUT2D eigenvalue weighted by atomic mass is 16.6. The number of carboxylic acids is 1. The zero-order valence-corrected chi connectivity index (χ0v) is 33.2. The van der Waals surface area contributed by atoms with Gasteiger partial charge in [-0.15, -0.1) is 0 Å². The molecule has 6 atom stereocenters. The van der Waals surface area contributed by atoms with Crippen molar-refractivity contribution in [3.05, 3.63) is 59.7 Å². The number of ketones is 1. The Hall–Kier alpha value is -5.98. The number of amides is 6. The molecule has 314 valence electrons. The number of hydrogen-bond donors (Lipinski definition) is 6. The van der Waals surface area contributed by atoms with Crippen molar-refractivity contribution in [2.45, 2.75) is 103 Å². The Morgan fingerprint density at radius 1 is 0.897 bits per heavy atom. The van der Waals surface area contributed by atoms with Crippen LogP contribution >= 0.6 is 0 Å². The largest absolute Gasteiger partial charge is 0.480 e. The molecule has 3 heterocycles. The van der Waals surface area contributed by atoms with Crippen LogP contribution in [0.5, 0.6) is 0 Å². The third-order valence-electron chi connectivity index (χ3n) is 9.99. The Morgan fingerprint density at radius 2 is 1.59 bits per heavy atom. The van der Waals surface area contributed by atoms with Gasteiger partial charge in [-0.2, -0.15) is 0 Å². The Morgan fingerprint density at radius 3 is 2.19 bits per heavy atom. The second kappa shape index (κ2) is 20.4. The average molecular weight is 809 g/mol. The number of Topliss-reactive ketones (excluding diaryl/α,β-unsaturated/α-hetero) is 1. The summed E-state index contributed by atoms with van der Waals surface area (Å²) in [6, 6.07) is 0.785. The number of fused-ring (bicyclic) bond motifs is 1. The number of nitrogens with zero attached hydrogens (tertiary/aromatic N) is 4. The highest BCUT2D eigenvalue weighted by molar-refractivity contribution is 6.38. The molecule has 58 heavy (non-hydrogen) atoms. The van der Waals surface area contributed by atoms with Gasteiger partial charge in [-0.3, -0.25) is 33.8 Å². The number of hydrogen-bond acceptors (Lipinski definition) is 12. The summed E-state index contributed by atoms with van der Waals surface area (Å²) in [6.45, 7) is 7.87. The lowest BCUT2D eigenvalue weighted by Gasteiger charge is -2.32. The molecule has 19 heteroatoms. The summed E-state index contributed by atoms with van der Waals surface area (Å²) >= 11 is 0. The number of nitrogens with one attached hydrogen (secondary N) is 4. The highest BCUT2D eigenvalue weighted by Gasteiger charge is 2.46. The summed E-state index contributed by atoms with van der Waals surface area (Å²) in [7, 11) is 0. The minimum absolute atomic E-state index is 0.0230. The first-order valence-corrected chi connectivity index (χ1v) is 19.2. The van der Waals surface area contributed by atoms with Crippen LogP contribution in [0.15, 0.2) is 42.9 Å². The Labute approximate surface area is 335 Å². The predicted octanol–water partition coefficient (Wildman–Crippen LogP) is -0.0481. The summed E-state index contributed by atoms with van der Waals surface area (Å²) in [5.74, 6) is -7.99. The van der Waals surface area contributed by atoms with Crippen LogP contribution in [0.2, 0.25) is 0 Å². The molecule has 2 unspecified atom stereocenters. The molecule has 1 aromatic heterocycles. The molecule has 0 spiro atoms. The number of carbonyl (C=O) groups is 8. The quantitative estimate of drug-likeness (QED) is 0.115. The van der Waals surface area contributed by atoms with Crippen molar-refractivity contribution in [2.75, 3.05) is 19.7 Å². The van der Waals surface area contributed by atoms with Crippen LogP contribution in [-0.2, 0) is 46.5 Å². The first-order valence-electron chi connectivity index (χ1n) is 19.2. The minimum Gasteiger partial charge on any atom is -0.480 e. The molecule has 0 radical (unpaired) electrons. The van der Waals surface area contributed by atoms with Gasteiger partial charge in [-0.25, -0.2) is 14.6 Å². The SMILES string of the molecule is CCCC(NC(=O)[C@@H]1C[C@@H](OC(=O)N2CCc3ccccc3C2)CN1C(=O)[C@H](NC(=O)[C@H](NC(=O)c1cnccn1)C(C)C)C(C)C)C(=O)C(=O)NC(CO)C(=O)O. The van der Waals surface area contributed by atoms with Crippen LogP contribution in [0.1, 0.15) is 75.5 Å². The number of carboxylic acid groups (broad SMARTS) is 1. The van der Waals surface area contributed by atoms with Crippen molar-refractivity contribution in [3.8, 4) is 0 Å². The van der Waals surface area contributed by atoms with Crippen molar-refractivity contribution < 1.29 is 53.3 Å². The van der Waals surface area contributed by atoms with Gasteiger partial charge in [-0.05, 0) is 35.8 Å². The first kappa shape index (κ1) is 44.7. The molecular formula is C39H52N8O11. The number of aliphatic hydroxyl groups excluding tert-OH is 1. The van der Waals surface area contributed by atoms with Crippen LogP contribution < -0.4 is 21.3 Å². The Kier molecular flexibility index (Phi) is 15.8. The van der Waals surface area contributed by atoms with Gasteiger partial charge in [0.2, 0.25) is 23.5 Å². The van der Waals surface area contributed by atoms with E-state index >= 15 is 0 Å². The molecule has 6 amide bonds. The van der Waals surface area contributed by atoms with Crippen LogP contribution in [0.3, 0.4) is 0 Å². The molecule has 2 aliphatic heterocycles. The Bertz CT molecular complexity index is 1840. The highest BCUT2D eigenvalue weighted by Crippen LogP contribution is 2.26. The molecule has 0 bridgehead atoms. The van der Waals surface area contributed by atoms with Gasteiger partial charge in [0, 0.05) is 31.9 Å². The fourth-order valence-corrected chi connectivity index (χ4v) is 6.74. The molecule has 4 rings (SSSR count). The van der Waals surface area contributed by atoms with Crippen molar-refractivity contribution in [1.29, 1.82) is 0 Å². The standard InChI is InChI=1S/C39H52N8O11/c1-6-9-26(32(49)36(53)43-28(20-48)38(55)56)42-34(51)29-16-25(58-39(57)46-15-12-23-10-7-8-11-24(23)18-46)19-47(29)37(54)31(22(4)5)45-35(52)30(21(2)3)44-33(50)27-17-40-13-14-41-27/h7-8,10-11,13-14,17,21-22,25-26,28-31,48H,6,9,12,15-16,18-20H2,1-5H3,(H,42,51)(H,43,53)(H,44,50)(H,45,52)(H,55,56)/t25-,26?,28?,29+,30-,31-/m1/s1. The summed E-state index contributed by atoms with van der Waals surface area (Å²) in [5.41, 5.74) is 2.04. The van der Waals surface area contributed by atoms with E-state index < -0.39 is 102 Å². The number of aromatic nitrogens is 2. The first-order chi connectivity index (χ1) is 27.6. The minimum atomic E-state index is -1.76. The molecule has 1 aromatic carbocycles. The fourth-order valence-electron chi connectivity index (χ4n) is 6.74. The molecule has 2 aliphatic rings. The number of aliphatic carboxylic acids is 1. The van der Waals surface area contributed by atoms with Gasteiger partial charge >= 0.3 is 12.1 Å². The van der Waals surface area contributed by atoms with E-state index in [-0.39, 0.29) is 25.1 Å². The maximum Gasteiger partial charge on any atom is 0.410 e. The zero-order valence-electron chi connectivity index (χ0n) is 33.2. The zero-order chi connectivity index (χ0) is 42.7. The van der Waals surface area contributed by atoms with Crippen LogP contribution in [0.25, 0.3) is 0 Å². The molecule has 2 aromatic rings. The lowest BCUT2D eigenvalue weighted by Crippen LogP contribution is -2.60. The topological polar surface area (TPSA) is 267 Å². The molecule has 6 N–H and O–H groups in total. The number of ether oxygens (including phenoxy) is 1. The van der Waals surface area contributed by atoms with E-state index in [0.29, 0.717) is 25.9 Å². The predicted molar refractivity (Wildman–Crippen MR) is 204 cm³/mol. The maximum absolute atomic E-state index is 14.5. The normalized spacial score (nSPS) is 18.3. The lowest BCUT2D eigenvalue weighted by molar-refractivity contribution is -0.146. The maximum atomic E-state index is 14.5. The van der Waals surface area contributed by atoms with Gasteiger partial charge in [0.05, 0.1) is 25.4 Å². The van der Waals surface area contributed by atoms with E-state index in [1.165, 1.54) is 23.5 Å². The van der Waals surface area contributed by atoms with E-state index in [9.17, 15) is 48.6 Å². The van der Waals surface area contributed by atoms with Crippen LogP contribution in [-0.4, -0.2) is 133 Å². The van der Waals surface area contributed by atoms with Crippen molar-refractivity contribution in [1.82, 2.24) is 41.0 Å². The van der Waals surface area contributed by atoms with E-state index in [1.54, 1.807) is 34.6 Å². The summed E-state index contributed by atoms with van der Waals surface area (Å²) in [6.07, 6.45) is 2.98. The lowest BCUT2D eigenvalue weighted by atomic mass is 9.98. The molecule has 0 aliphatic carbocycles. The van der Waals surface area contributed by atoms with Crippen LogP contribution in [0, 0.1) is 11.8 Å².